The molecular weight excluding hydrogens is 471 g/mol. The fourth-order valence-corrected chi connectivity index (χ4v) is 3.73. The Labute approximate surface area is 194 Å². The second-order valence-corrected chi connectivity index (χ2v) is 7.94. The highest BCUT2D eigenvalue weighted by Gasteiger charge is 2.15. The van der Waals surface area contributed by atoms with Crippen molar-refractivity contribution in [1.29, 1.82) is 0 Å². The van der Waals surface area contributed by atoms with E-state index in [-0.39, 0.29) is 11.6 Å². The number of benzene rings is 3. The van der Waals surface area contributed by atoms with Crippen molar-refractivity contribution >= 4 is 52.1 Å². The van der Waals surface area contributed by atoms with Crippen molar-refractivity contribution in [2.24, 2.45) is 0 Å². The maximum Gasteiger partial charge on any atom is 0.180 e. The van der Waals surface area contributed by atoms with E-state index in [1.54, 1.807) is 30.3 Å². The number of hydrogen-bond acceptors (Lipinski definition) is 3. The van der Waals surface area contributed by atoms with Gasteiger partial charge < -0.3 is 14.8 Å². The minimum absolute atomic E-state index is 0.0509. The van der Waals surface area contributed by atoms with Gasteiger partial charge in [0.05, 0.1) is 16.7 Å². The second-order valence-electron chi connectivity index (χ2n) is 6.31. The van der Waals surface area contributed by atoms with E-state index in [2.05, 4.69) is 5.32 Å². The average Bonchev–Trinajstić information content (AvgIpc) is 2.70. The van der Waals surface area contributed by atoms with Gasteiger partial charge in [-0.25, -0.2) is 4.39 Å². The zero-order chi connectivity index (χ0) is 21.7. The molecule has 0 fully saturated rings. The van der Waals surface area contributed by atoms with Crippen LogP contribution in [0.2, 0.25) is 20.1 Å². The van der Waals surface area contributed by atoms with Gasteiger partial charge in [0, 0.05) is 27.8 Å². The Kier molecular flexibility index (Phi) is 7.95. The highest BCUT2D eigenvalue weighted by Crippen LogP contribution is 2.38. The minimum Gasteiger partial charge on any atom is -0.490 e. The Hall–Kier alpha value is -1.85. The molecule has 1 N–H and O–H groups in total. The van der Waals surface area contributed by atoms with Gasteiger partial charge in [0.15, 0.2) is 11.5 Å². The van der Waals surface area contributed by atoms with Crippen molar-refractivity contribution < 1.29 is 13.9 Å². The molecule has 8 heteroatoms. The molecule has 30 heavy (non-hydrogen) atoms. The van der Waals surface area contributed by atoms with Gasteiger partial charge in [-0.15, -0.1) is 0 Å². The van der Waals surface area contributed by atoms with E-state index in [9.17, 15) is 4.39 Å². The zero-order valence-electron chi connectivity index (χ0n) is 15.9. The molecule has 0 atom stereocenters. The number of nitrogens with one attached hydrogen (secondary N) is 1. The second kappa shape index (κ2) is 10.5. The van der Waals surface area contributed by atoms with Crippen LogP contribution in [0.5, 0.6) is 11.5 Å². The van der Waals surface area contributed by atoms with Gasteiger partial charge in [-0.2, -0.15) is 0 Å². The van der Waals surface area contributed by atoms with Gasteiger partial charge in [0.1, 0.15) is 12.4 Å². The molecule has 0 aliphatic heterocycles. The van der Waals surface area contributed by atoms with E-state index in [0.717, 1.165) is 5.56 Å². The van der Waals surface area contributed by atoms with Crippen LogP contribution in [0.4, 0.5) is 10.1 Å². The zero-order valence-corrected chi connectivity index (χ0v) is 19.0. The van der Waals surface area contributed by atoms with Crippen molar-refractivity contribution in [3.05, 3.63) is 85.6 Å². The third-order valence-electron chi connectivity index (χ3n) is 4.21. The molecule has 0 aliphatic carbocycles. The first kappa shape index (κ1) is 22.8. The molecule has 0 bridgehead atoms. The van der Waals surface area contributed by atoms with Crippen LogP contribution < -0.4 is 14.8 Å². The third kappa shape index (κ3) is 5.64. The minimum atomic E-state index is -0.469. The van der Waals surface area contributed by atoms with Gasteiger partial charge in [-0.3, -0.25) is 0 Å². The summed E-state index contributed by atoms with van der Waals surface area (Å²) >= 11 is 24.7. The number of anilines is 1. The first-order valence-corrected chi connectivity index (χ1v) is 10.6. The number of hydrogen-bond donors (Lipinski definition) is 1. The first-order chi connectivity index (χ1) is 14.4. The Balaban J connectivity index is 1.78. The van der Waals surface area contributed by atoms with Gasteiger partial charge >= 0.3 is 0 Å². The van der Waals surface area contributed by atoms with Gasteiger partial charge in [0.25, 0.3) is 0 Å². The van der Waals surface area contributed by atoms with E-state index in [0.29, 0.717) is 51.0 Å². The molecule has 0 amide bonds. The smallest absolute Gasteiger partial charge is 0.180 e. The molecule has 0 aromatic heterocycles. The molecule has 158 valence electrons. The van der Waals surface area contributed by atoms with Crippen LogP contribution in [0.25, 0.3) is 0 Å². The summed E-state index contributed by atoms with van der Waals surface area (Å²) in [5, 5.41) is 4.63. The number of ether oxygens (including phenoxy) is 2. The SMILES string of the molecule is CCOc1cc(CNc2ccc(F)c(Cl)c2)cc(Cl)c1OCc1c(Cl)cccc1Cl. The molecule has 0 aliphatic rings. The van der Waals surface area contributed by atoms with E-state index in [4.69, 9.17) is 55.9 Å². The van der Waals surface area contributed by atoms with Crippen molar-refractivity contribution in [3.8, 4) is 11.5 Å². The molecule has 0 unspecified atom stereocenters. The van der Waals surface area contributed by atoms with Gasteiger partial charge in [0.2, 0.25) is 0 Å². The summed E-state index contributed by atoms with van der Waals surface area (Å²) in [7, 11) is 0. The fraction of sp³-hybridized carbons (Fsp3) is 0.182. The lowest BCUT2D eigenvalue weighted by atomic mass is 10.2. The Morgan fingerprint density at radius 3 is 2.27 bits per heavy atom. The Bertz CT molecular complexity index is 1030. The highest BCUT2D eigenvalue weighted by atomic mass is 35.5. The van der Waals surface area contributed by atoms with Crippen LogP contribution in [0.1, 0.15) is 18.1 Å². The number of halogens is 5. The maximum absolute atomic E-state index is 13.3. The lowest BCUT2D eigenvalue weighted by Crippen LogP contribution is -2.04. The van der Waals surface area contributed by atoms with Crippen LogP contribution in [0.15, 0.2) is 48.5 Å². The predicted octanol–water partition coefficient (Wildman–Crippen LogP) is 8.03. The third-order valence-corrected chi connectivity index (χ3v) is 5.49. The summed E-state index contributed by atoms with van der Waals surface area (Å²) < 4.78 is 24.9. The summed E-state index contributed by atoms with van der Waals surface area (Å²) in [6.45, 7) is 2.88. The summed E-state index contributed by atoms with van der Waals surface area (Å²) in [5.74, 6) is 0.439. The number of rotatable bonds is 8. The van der Waals surface area contributed by atoms with Crippen LogP contribution in [-0.2, 0) is 13.2 Å². The van der Waals surface area contributed by atoms with E-state index in [1.165, 1.54) is 12.1 Å². The summed E-state index contributed by atoms with van der Waals surface area (Å²) in [6.07, 6.45) is 0. The molecule has 0 spiro atoms. The molecule has 3 nitrogen and oxygen atoms in total. The van der Waals surface area contributed by atoms with E-state index in [1.807, 2.05) is 13.0 Å². The van der Waals surface area contributed by atoms with Crippen molar-refractivity contribution in [1.82, 2.24) is 0 Å². The first-order valence-electron chi connectivity index (χ1n) is 9.09. The summed E-state index contributed by atoms with van der Waals surface area (Å²) in [6, 6.07) is 13.3. The topological polar surface area (TPSA) is 30.5 Å². The van der Waals surface area contributed by atoms with Crippen LogP contribution in [0.3, 0.4) is 0 Å². The molecule has 0 radical (unpaired) electrons. The van der Waals surface area contributed by atoms with Crippen molar-refractivity contribution in [2.75, 3.05) is 11.9 Å². The molecule has 0 saturated carbocycles. The Morgan fingerprint density at radius 1 is 0.867 bits per heavy atom. The van der Waals surface area contributed by atoms with Gasteiger partial charge in [-0.05, 0) is 55.0 Å². The van der Waals surface area contributed by atoms with Crippen LogP contribution in [0, 0.1) is 5.82 Å². The van der Waals surface area contributed by atoms with Crippen LogP contribution in [-0.4, -0.2) is 6.61 Å². The maximum atomic E-state index is 13.3. The average molecular weight is 489 g/mol. The normalized spacial score (nSPS) is 10.7. The van der Waals surface area contributed by atoms with Crippen molar-refractivity contribution in [2.45, 2.75) is 20.1 Å². The molecule has 3 aromatic rings. The quantitative estimate of drug-likeness (QED) is 0.348. The lowest BCUT2D eigenvalue weighted by Gasteiger charge is -2.17. The summed E-state index contributed by atoms with van der Waals surface area (Å²) in [4.78, 5) is 0. The fourth-order valence-electron chi connectivity index (χ4n) is 2.75. The highest BCUT2D eigenvalue weighted by molar-refractivity contribution is 6.36. The Morgan fingerprint density at radius 2 is 1.60 bits per heavy atom. The monoisotopic (exact) mass is 487 g/mol. The van der Waals surface area contributed by atoms with Crippen LogP contribution >= 0.6 is 46.4 Å². The van der Waals surface area contributed by atoms with Gasteiger partial charge in [-0.1, -0.05) is 52.5 Å². The molecule has 0 heterocycles. The molecule has 0 saturated heterocycles. The molecule has 3 rings (SSSR count). The molecule has 3 aromatic carbocycles. The summed E-state index contributed by atoms with van der Waals surface area (Å²) in [5.41, 5.74) is 2.20. The van der Waals surface area contributed by atoms with E-state index >= 15 is 0 Å². The largest absolute Gasteiger partial charge is 0.490 e. The standard InChI is InChI=1S/C22H18Cl4FNO2/c1-2-29-21-9-13(11-28-14-6-7-20(27)18(25)10-14)8-19(26)22(21)30-12-15-16(23)4-3-5-17(15)24/h3-10,28H,2,11-12H2,1H3. The molecular formula is C22H18Cl4FNO2. The van der Waals surface area contributed by atoms with Crippen molar-refractivity contribution in [3.63, 3.8) is 0 Å². The lowest BCUT2D eigenvalue weighted by molar-refractivity contribution is 0.269. The predicted molar refractivity (Wildman–Crippen MR) is 122 cm³/mol. The van der Waals surface area contributed by atoms with E-state index < -0.39 is 5.82 Å².